The standard InChI is InChI=1S/C20H25BrN2O5/c1-20(2,3)28-19(26)23-8-5-6-15(23)17(24)22-9-7-13-14(21)10-12(11-16(13)22)18(25)27-4/h10-11,15H,5-9H2,1-4H3/t15-/m0/s1. The summed E-state index contributed by atoms with van der Waals surface area (Å²) in [6.07, 6.45) is 1.57. The lowest BCUT2D eigenvalue weighted by Gasteiger charge is -2.30. The number of nitrogens with zero attached hydrogens (tertiary/aromatic N) is 2. The molecule has 0 N–H and O–H groups in total. The van der Waals surface area contributed by atoms with Gasteiger partial charge in [0.25, 0.3) is 0 Å². The van der Waals surface area contributed by atoms with E-state index in [4.69, 9.17) is 9.47 Å². The first-order chi connectivity index (χ1) is 13.1. The summed E-state index contributed by atoms with van der Waals surface area (Å²) in [5.41, 5.74) is 1.43. The Balaban J connectivity index is 1.86. The van der Waals surface area contributed by atoms with Crippen molar-refractivity contribution in [2.24, 2.45) is 0 Å². The van der Waals surface area contributed by atoms with Gasteiger partial charge in [0.15, 0.2) is 0 Å². The fraction of sp³-hybridized carbons (Fsp3) is 0.550. The Morgan fingerprint density at radius 2 is 1.89 bits per heavy atom. The number of hydrogen-bond donors (Lipinski definition) is 0. The number of anilines is 1. The number of likely N-dealkylation sites (tertiary alicyclic amines) is 1. The zero-order valence-electron chi connectivity index (χ0n) is 16.6. The lowest BCUT2D eigenvalue weighted by Crippen LogP contribution is -2.48. The van der Waals surface area contributed by atoms with Crippen LogP contribution < -0.4 is 4.90 Å². The van der Waals surface area contributed by atoms with Crippen molar-refractivity contribution < 1.29 is 23.9 Å². The van der Waals surface area contributed by atoms with Gasteiger partial charge in [-0.1, -0.05) is 15.9 Å². The number of benzene rings is 1. The normalized spacial score (nSPS) is 18.8. The van der Waals surface area contributed by atoms with Gasteiger partial charge in [0.1, 0.15) is 11.6 Å². The highest BCUT2D eigenvalue weighted by Crippen LogP contribution is 2.37. The van der Waals surface area contributed by atoms with Crippen molar-refractivity contribution in [1.82, 2.24) is 4.90 Å². The molecular formula is C20H25BrN2O5. The monoisotopic (exact) mass is 452 g/mol. The molecule has 7 nitrogen and oxygen atoms in total. The van der Waals surface area contributed by atoms with Gasteiger partial charge >= 0.3 is 12.1 Å². The van der Waals surface area contributed by atoms with Crippen LogP contribution in [0.25, 0.3) is 0 Å². The number of carbonyl (C=O) groups excluding carboxylic acids is 3. The van der Waals surface area contributed by atoms with Crippen molar-refractivity contribution in [3.63, 3.8) is 0 Å². The first-order valence-electron chi connectivity index (χ1n) is 9.34. The number of esters is 1. The minimum absolute atomic E-state index is 0.143. The van der Waals surface area contributed by atoms with Crippen LogP contribution in [0.1, 0.15) is 49.5 Å². The van der Waals surface area contributed by atoms with Crippen LogP contribution in [0, 0.1) is 0 Å². The third-order valence-electron chi connectivity index (χ3n) is 4.90. The van der Waals surface area contributed by atoms with Gasteiger partial charge in [-0.25, -0.2) is 9.59 Å². The second kappa shape index (κ2) is 7.73. The molecule has 0 unspecified atom stereocenters. The molecule has 1 saturated heterocycles. The van der Waals surface area contributed by atoms with Crippen molar-refractivity contribution in [3.8, 4) is 0 Å². The predicted molar refractivity (Wildman–Crippen MR) is 108 cm³/mol. The summed E-state index contributed by atoms with van der Waals surface area (Å²) in [4.78, 5) is 41.0. The molecule has 0 radical (unpaired) electrons. The van der Waals surface area contributed by atoms with Gasteiger partial charge in [-0.3, -0.25) is 9.69 Å². The first-order valence-corrected chi connectivity index (χ1v) is 10.1. The van der Waals surface area contributed by atoms with E-state index >= 15 is 0 Å². The van der Waals surface area contributed by atoms with Crippen molar-refractivity contribution in [3.05, 3.63) is 27.7 Å². The number of halogens is 1. The smallest absolute Gasteiger partial charge is 0.410 e. The lowest BCUT2D eigenvalue weighted by molar-refractivity contribution is -0.122. The Kier molecular flexibility index (Phi) is 5.70. The van der Waals surface area contributed by atoms with Crippen LogP contribution in [-0.4, -0.2) is 54.7 Å². The zero-order valence-corrected chi connectivity index (χ0v) is 18.2. The van der Waals surface area contributed by atoms with Crippen LogP contribution in [0.4, 0.5) is 10.5 Å². The maximum absolute atomic E-state index is 13.3. The lowest BCUT2D eigenvalue weighted by atomic mass is 10.1. The van der Waals surface area contributed by atoms with E-state index in [1.54, 1.807) is 37.8 Å². The molecule has 3 rings (SSSR count). The number of fused-ring (bicyclic) bond motifs is 1. The molecule has 28 heavy (non-hydrogen) atoms. The maximum Gasteiger partial charge on any atom is 0.410 e. The summed E-state index contributed by atoms with van der Waals surface area (Å²) in [7, 11) is 1.32. The largest absolute Gasteiger partial charge is 0.465 e. The summed E-state index contributed by atoms with van der Waals surface area (Å²) in [5.74, 6) is -0.602. The second-order valence-corrected chi connectivity index (χ2v) is 8.87. The highest BCUT2D eigenvalue weighted by molar-refractivity contribution is 9.10. The SMILES string of the molecule is COC(=O)c1cc(Br)c2c(c1)N(C(=O)[C@@H]1CCCN1C(=O)OC(C)(C)C)CC2. The average Bonchev–Trinajstić information content (AvgIpc) is 3.26. The summed E-state index contributed by atoms with van der Waals surface area (Å²) in [6.45, 7) is 6.43. The van der Waals surface area contributed by atoms with Crippen molar-refractivity contribution in [2.45, 2.75) is 51.7 Å². The zero-order chi connectivity index (χ0) is 20.6. The molecule has 0 aliphatic carbocycles. The molecule has 0 saturated carbocycles. The minimum atomic E-state index is -0.617. The molecule has 2 heterocycles. The van der Waals surface area contributed by atoms with Gasteiger partial charge in [0.2, 0.25) is 5.91 Å². The van der Waals surface area contributed by atoms with E-state index in [1.807, 2.05) is 0 Å². The van der Waals surface area contributed by atoms with E-state index in [9.17, 15) is 14.4 Å². The van der Waals surface area contributed by atoms with E-state index in [-0.39, 0.29) is 5.91 Å². The molecule has 0 aromatic heterocycles. The summed E-state index contributed by atoms with van der Waals surface area (Å²) in [5, 5.41) is 0. The number of hydrogen-bond acceptors (Lipinski definition) is 5. The van der Waals surface area contributed by atoms with Crippen molar-refractivity contribution in [1.29, 1.82) is 0 Å². The molecule has 2 amide bonds. The Bertz CT molecular complexity index is 818. The fourth-order valence-corrected chi connectivity index (χ4v) is 4.31. The van der Waals surface area contributed by atoms with Gasteiger partial charge in [0, 0.05) is 23.2 Å². The molecule has 1 aromatic carbocycles. The van der Waals surface area contributed by atoms with E-state index in [0.717, 1.165) is 16.5 Å². The molecule has 0 spiro atoms. The van der Waals surface area contributed by atoms with Crippen molar-refractivity contribution >= 4 is 39.6 Å². The molecule has 2 aliphatic rings. The molecule has 152 valence electrons. The third-order valence-corrected chi connectivity index (χ3v) is 5.61. The third kappa shape index (κ3) is 4.01. The Morgan fingerprint density at radius 3 is 2.54 bits per heavy atom. The first kappa shape index (κ1) is 20.6. The van der Waals surface area contributed by atoms with E-state index in [1.165, 1.54) is 12.0 Å². The Morgan fingerprint density at radius 1 is 1.18 bits per heavy atom. The summed E-state index contributed by atoms with van der Waals surface area (Å²) >= 11 is 3.49. The Labute approximate surface area is 173 Å². The van der Waals surface area contributed by atoms with Crippen LogP contribution in [-0.2, 0) is 20.7 Å². The summed E-state index contributed by atoms with van der Waals surface area (Å²) in [6, 6.07) is 2.84. The summed E-state index contributed by atoms with van der Waals surface area (Å²) < 4.78 is 11.0. The van der Waals surface area contributed by atoms with Crippen molar-refractivity contribution in [2.75, 3.05) is 25.1 Å². The second-order valence-electron chi connectivity index (χ2n) is 8.02. The number of rotatable bonds is 2. The molecule has 0 bridgehead atoms. The van der Waals surface area contributed by atoms with E-state index in [2.05, 4.69) is 15.9 Å². The van der Waals surface area contributed by atoms with Gasteiger partial charge in [-0.15, -0.1) is 0 Å². The topological polar surface area (TPSA) is 76.2 Å². The van der Waals surface area contributed by atoms with Crippen LogP contribution in [0.3, 0.4) is 0 Å². The molecule has 1 aromatic rings. The number of ether oxygens (including phenoxy) is 2. The fourth-order valence-electron chi connectivity index (χ4n) is 3.66. The predicted octanol–water partition coefficient (Wildman–Crippen LogP) is 3.52. The molecule has 1 atom stereocenters. The van der Waals surface area contributed by atoms with Crippen LogP contribution in [0.2, 0.25) is 0 Å². The average molecular weight is 453 g/mol. The van der Waals surface area contributed by atoms with Crippen LogP contribution in [0.5, 0.6) is 0 Å². The quantitative estimate of drug-likeness (QED) is 0.641. The highest BCUT2D eigenvalue weighted by atomic mass is 79.9. The Hall–Kier alpha value is -2.09. The van der Waals surface area contributed by atoms with E-state index < -0.39 is 23.7 Å². The number of amides is 2. The van der Waals surface area contributed by atoms with Crippen LogP contribution >= 0.6 is 15.9 Å². The number of methoxy groups -OCH3 is 1. The van der Waals surface area contributed by atoms with Gasteiger partial charge < -0.3 is 14.4 Å². The molecular weight excluding hydrogens is 428 g/mol. The molecule has 2 aliphatic heterocycles. The molecule has 8 heteroatoms. The molecule has 1 fully saturated rings. The van der Waals surface area contributed by atoms with E-state index in [0.29, 0.717) is 37.2 Å². The van der Waals surface area contributed by atoms with Gasteiger partial charge in [-0.05, 0) is 57.7 Å². The number of carbonyl (C=O) groups is 3. The van der Waals surface area contributed by atoms with Crippen LogP contribution in [0.15, 0.2) is 16.6 Å². The highest BCUT2D eigenvalue weighted by Gasteiger charge is 2.40. The maximum atomic E-state index is 13.3. The van der Waals surface area contributed by atoms with Gasteiger partial charge in [0.05, 0.1) is 12.7 Å². The van der Waals surface area contributed by atoms with Gasteiger partial charge in [-0.2, -0.15) is 0 Å². The minimum Gasteiger partial charge on any atom is -0.465 e.